The van der Waals surface area contributed by atoms with Crippen LogP contribution < -0.4 is 24.3 Å². The van der Waals surface area contributed by atoms with Gasteiger partial charge in [-0.3, -0.25) is 4.79 Å². The Labute approximate surface area is 163 Å². The van der Waals surface area contributed by atoms with Crippen molar-refractivity contribution < 1.29 is 32.2 Å². The Bertz CT molecular complexity index is 972. The maximum absolute atomic E-state index is 12.5. The summed E-state index contributed by atoms with van der Waals surface area (Å²) in [5.41, 5.74) is 0.486. The molecule has 2 aromatic carbocycles. The van der Waals surface area contributed by atoms with Crippen LogP contribution in [-0.4, -0.2) is 47.5 Å². The largest absolute Gasteiger partial charge is 0.493 e. The number of benzene rings is 2. The number of amides is 1. The Kier molecular flexibility index (Phi) is 5.93. The van der Waals surface area contributed by atoms with Gasteiger partial charge in [0.2, 0.25) is 5.91 Å². The lowest BCUT2D eigenvalue weighted by Gasteiger charge is -2.18. The monoisotopic (exact) mass is 407 g/mol. The third-order valence-electron chi connectivity index (χ3n) is 4.14. The lowest BCUT2D eigenvalue weighted by atomic mass is 10.2. The molecule has 3 rings (SSSR count). The zero-order valence-corrected chi connectivity index (χ0v) is 16.4. The second-order valence-electron chi connectivity index (χ2n) is 5.99. The molecule has 1 aliphatic heterocycles. The second kappa shape index (κ2) is 8.39. The van der Waals surface area contributed by atoms with E-state index in [0.717, 1.165) is 0 Å². The quantitative estimate of drug-likeness (QED) is 0.751. The van der Waals surface area contributed by atoms with Gasteiger partial charge in [-0.05, 0) is 24.3 Å². The molecule has 1 aliphatic rings. The van der Waals surface area contributed by atoms with Crippen LogP contribution in [0, 0.1) is 0 Å². The van der Waals surface area contributed by atoms with Crippen LogP contribution in [0.25, 0.3) is 0 Å². The summed E-state index contributed by atoms with van der Waals surface area (Å²) in [6, 6.07) is 9.34. The summed E-state index contributed by atoms with van der Waals surface area (Å²) in [4.78, 5) is 12.3. The first-order valence-corrected chi connectivity index (χ1v) is 10.2. The number of methoxy groups -OCH3 is 2. The van der Waals surface area contributed by atoms with Gasteiger partial charge in [0.05, 0.1) is 24.9 Å². The third kappa shape index (κ3) is 4.48. The van der Waals surface area contributed by atoms with E-state index >= 15 is 0 Å². The van der Waals surface area contributed by atoms with Gasteiger partial charge in [-0.1, -0.05) is 0 Å². The van der Waals surface area contributed by atoms with Crippen molar-refractivity contribution in [1.82, 2.24) is 0 Å². The molecular formula is C19H21NO7S. The van der Waals surface area contributed by atoms with Crippen LogP contribution in [0.2, 0.25) is 0 Å². The average molecular weight is 407 g/mol. The summed E-state index contributed by atoms with van der Waals surface area (Å²) in [5.74, 6) is 1.14. The van der Waals surface area contributed by atoms with Gasteiger partial charge in [-0.2, -0.15) is 0 Å². The fraction of sp³-hybridized carbons (Fsp3) is 0.316. The highest BCUT2D eigenvalue weighted by Crippen LogP contribution is 2.33. The molecule has 1 heterocycles. The number of carbonyl (C=O) groups excluding carboxylic acids is 1. The molecule has 2 aromatic rings. The molecule has 0 radical (unpaired) electrons. The second-order valence-corrected chi connectivity index (χ2v) is 8.10. The summed E-state index contributed by atoms with van der Waals surface area (Å²) < 4.78 is 46.2. The highest BCUT2D eigenvalue weighted by Gasteiger charge is 2.21. The van der Waals surface area contributed by atoms with Gasteiger partial charge in [-0.15, -0.1) is 0 Å². The van der Waals surface area contributed by atoms with Crippen molar-refractivity contribution in [2.24, 2.45) is 0 Å². The topological polar surface area (TPSA) is 100 Å². The van der Waals surface area contributed by atoms with Gasteiger partial charge in [0.15, 0.2) is 32.8 Å². The first-order valence-electron chi connectivity index (χ1n) is 8.57. The molecule has 0 atom stereocenters. The van der Waals surface area contributed by atoms with Gasteiger partial charge in [0.25, 0.3) is 0 Å². The van der Waals surface area contributed by atoms with Crippen molar-refractivity contribution in [1.29, 1.82) is 0 Å². The molecule has 0 unspecified atom stereocenters. The Balaban J connectivity index is 1.63. The molecule has 0 bridgehead atoms. The van der Waals surface area contributed by atoms with Crippen LogP contribution in [0.4, 0.5) is 5.69 Å². The molecule has 0 saturated heterocycles. The Hall–Kier alpha value is -2.94. The molecule has 1 N–H and O–H groups in total. The van der Waals surface area contributed by atoms with Crippen molar-refractivity contribution in [3.8, 4) is 23.0 Å². The van der Waals surface area contributed by atoms with E-state index in [9.17, 15) is 13.2 Å². The van der Waals surface area contributed by atoms with Gasteiger partial charge in [-0.25, -0.2) is 8.42 Å². The summed E-state index contributed by atoms with van der Waals surface area (Å²) in [6.45, 7) is 0.791. The lowest BCUT2D eigenvalue weighted by Crippen LogP contribution is -2.18. The van der Waals surface area contributed by atoms with Gasteiger partial charge in [0, 0.05) is 24.2 Å². The SMILES string of the molecule is COc1ccc(NC(=O)CCS(=O)(=O)c2ccc3c(c2)OCCO3)cc1OC. The predicted molar refractivity (Wildman–Crippen MR) is 102 cm³/mol. The number of hydrogen-bond donors (Lipinski definition) is 1. The van der Waals surface area contributed by atoms with Crippen molar-refractivity contribution in [3.63, 3.8) is 0 Å². The summed E-state index contributed by atoms with van der Waals surface area (Å²) in [7, 11) is -0.643. The van der Waals surface area contributed by atoms with E-state index in [1.165, 1.54) is 26.4 Å². The highest BCUT2D eigenvalue weighted by atomic mass is 32.2. The van der Waals surface area contributed by atoms with E-state index in [1.807, 2.05) is 0 Å². The first kappa shape index (κ1) is 19.8. The van der Waals surface area contributed by atoms with E-state index in [-0.39, 0.29) is 17.1 Å². The fourth-order valence-corrected chi connectivity index (χ4v) is 3.95. The Morgan fingerprint density at radius 3 is 2.43 bits per heavy atom. The number of rotatable bonds is 7. The van der Waals surface area contributed by atoms with Gasteiger partial charge in [0.1, 0.15) is 13.2 Å². The maximum atomic E-state index is 12.5. The van der Waals surface area contributed by atoms with Crippen molar-refractivity contribution in [2.45, 2.75) is 11.3 Å². The molecule has 0 spiro atoms. The van der Waals surface area contributed by atoms with Crippen molar-refractivity contribution >= 4 is 21.4 Å². The molecule has 0 fully saturated rings. The zero-order valence-electron chi connectivity index (χ0n) is 15.6. The van der Waals surface area contributed by atoms with Crippen LogP contribution in [0.5, 0.6) is 23.0 Å². The van der Waals surface area contributed by atoms with Crippen LogP contribution in [0.3, 0.4) is 0 Å². The maximum Gasteiger partial charge on any atom is 0.225 e. The zero-order chi connectivity index (χ0) is 20.1. The number of hydrogen-bond acceptors (Lipinski definition) is 7. The molecule has 9 heteroatoms. The van der Waals surface area contributed by atoms with Crippen LogP contribution in [0.15, 0.2) is 41.3 Å². The standard InChI is InChI=1S/C19H21NO7S/c1-24-15-5-3-13(11-17(15)25-2)20-19(21)7-10-28(22,23)14-4-6-16-18(12-14)27-9-8-26-16/h3-6,11-12H,7-10H2,1-2H3,(H,20,21). The van der Waals surface area contributed by atoms with E-state index in [0.29, 0.717) is 41.9 Å². The number of carbonyl (C=O) groups is 1. The third-order valence-corrected chi connectivity index (χ3v) is 5.85. The average Bonchev–Trinajstić information content (AvgIpc) is 2.72. The number of anilines is 1. The van der Waals surface area contributed by atoms with Crippen molar-refractivity contribution in [2.75, 3.05) is 38.5 Å². The van der Waals surface area contributed by atoms with Gasteiger partial charge < -0.3 is 24.3 Å². The van der Waals surface area contributed by atoms with E-state index < -0.39 is 15.7 Å². The molecule has 28 heavy (non-hydrogen) atoms. The highest BCUT2D eigenvalue weighted by molar-refractivity contribution is 7.91. The normalized spacial score (nSPS) is 12.9. The number of ether oxygens (including phenoxy) is 4. The Morgan fingerprint density at radius 1 is 1.00 bits per heavy atom. The number of fused-ring (bicyclic) bond motifs is 1. The number of nitrogens with one attached hydrogen (secondary N) is 1. The molecule has 1 amide bonds. The first-order chi connectivity index (χ1) is 13.4. The Morgan fingerprint density at radius 2 is 1.71 bits per heavy atom. The van der Waals surface area contributed by atoms with E-state index in [1.54, 1.807) is 24.3 Å². The van der Waals surface area contributed by atoms with Crippen LogP contribution >= 0.6 is 0 Å². The van der Waals surface area contributed by atoms with E-state index in [4.69, 9.17) is 18.9 Å². The summed E-state index contributed by atoms with van der Waals surface area (Å²) >= 11 is 0. The van der Waals surface area contributed by atoms with Crippen LogP contribution in [0.1, 0.15) is 6.42 Å². The molecule has 0 aliphatic carbocycles. The summed E-state index contributed by atoms with van der Waals surface area (Å²) in [5, 5.41) is 2.66. The minimum atomic E-state index is -3.65. The van der Waals surface area contributed by atoms with Gasteiger partial charge >= 0.3 is 0 Å². The van der Waals surface area contributed by atoms with E-state index in [2.05, 4.69) is 5.32 Å². The molecular weight excluding hydrogens is 386 g/mol. The minimum absolute atomic E-state index is 0.0932. The fourth-order valence-electron chi connectivity index (χ4n) is 2.70. The summed E-state index contributed by atoms with van der Waals surface area (Å²) in [6.07, 6.45) is -0.189. The van der Waals surface area contributed by atoms with Crippen molar-refractivity contribution in [3.05, 3.63) is 36.4 Å². The molecule has 150 valence electrons. The smallest absolute Gasteiger partial charge is 0.225 e. The molecule has 0 aromatic heterocycles. The predicted octanol–water partition coefficient (Wildman–Crippen LogP) is 2.28. The minimum Gasteiger partial charge on any atom is -0.493 e. The van der Waals surface area contributed by atoms with Crippen LogP contribution in [-0.2, 0) is 14.6 Å². The molecule has 0 saturated carbocycles. The molecule has 8 nitrogen and oxygen atoms in total. The lowest BCUT2D eigenvalue weighted by molar-refractivity contribution is -0.115. The number of sulfone groups is 1.